The molecule has 0 unspecified atom stereocenters. The van der Waals surface area contributed by atoms with E-state index in [0.717, 1.165) is 39.4 Å². The van der Waals surface area contributed by atoms with Crippen molar-refractivity contribution in [2.45, 2.75) is 52.7 Å². The number of rotatable bonds is 9. The number of carbonyl (C=O) groups is 1. The Labute approximate surface area is 194 Å². The largest absolute Gasteiger partial charge is 0.326 e. The molecule has 0 aliphatic heterocycles. The van der Waals surface area contributed by atoms with Crippen LogP contribution in [0.15, 0.2) is 41.8 Å². The molecular formula is C25H30N2O3S2. The van der Waals surface area contributed by atoms with E-state index in [4.69, 9.17) is 0 Å². The van der Waals surface area contributed by atoms with Crippen LogP contribution in [0, 0.1) is 20.8 Å². The summed E-state index contributed by atoms with van der Waals surface area (Å²) in [7, 11) is -3.34. The topological polar surface area (TPSA) is 76.1 Å². The lowest BCUT2D eigenvalue weighted by Crippen LogP contribution is -2.16. The summed E-state index contributed by atoms with van der Waals surface area (Å²) in [6.07, 6.45) is 1.43. The van der Waals surface area contributed by atoms with Gasteiger partial charge in [-0.1, -0.05) is 48.9 Å². The maximum atomic E-state index is 12.5. The van der Waals surface area contributed by atoms with Crippen LogP contribution in [0.3, 0.4) is 0 Å². The molecule has 0 fully saturated rings. The van der Waals surface area contributed by atoms with Crippen LogP contribution in [-0.2, 0) is 26.8 Å². The summed E-state index contributed by atoms with van der Waals surface area (Å²) in [5.41, 5.74) is 6.77. The van der Waals surface area contributed by atoms with Gasteiger partial charge in [-0.2, -0.15) is 0 Å². The number of anilines is 1. The third kappa shape index (κ3) is 6.50. The lowest BCUT2D eigenvalue weighted by molar-refractivity contribution is -0.116. The highest BCUT2D eigenvalue weighted by Gasteiger charge is 2.16. The molecule has 3 rings (SSSR count). The van der Waals surface area contributed by atoms with Crippen molar-refractivity contribution in [3.63, 3.8) is 0 Å². The smallest absolute Gasteiger partial charge is 0.224 e. The van der Waals surface area contributed by atoms with Crippen molar-refractivity contribution in [2.75, 3.05) is 11.1 Å². The van der Waals surface area contributed by atoms with Gasteiger partial charge in [-0.05, 0) is 50.3 Å². The Morgan fingerprint density at radius 1 is 1.06 bits per heavy atom. The minimum Gasteiger partial charge on any atom is -0.326 e. The van der Waals surface area contributed by atoms with Crippen LogP contribution in [-0.4, -0.2) is 25.1 Å². The van der Waals surface area contributed by atoms with E-state index in [2.05, 4.69) is 29.4 Å². The number of hydrogen-bond donors (Lipinski definition) is 1. The van der Waals surface area contributed by atoms with Crippen molar-refractivity contribution in [3.05, 3.63) is 69.7 Å². The van der Waals surface area contributed by atoms with Crippen LogP contribution in [0.25, 0.3) is 10.6 Å². The second kappa shape index (κ2) is 10.4. The van der Waals surface area contributed by atoms with Crippen molar-refractivity contribution in [1.29, 1.82) is 0 Å². The maximum absolute atomic E-state index is 12.5. The maximum Gasteiger partial charge on any atom is 0.224 e. The number of sulfone groups is 1. The highest BCUT2D eigenvalue weighted by molar-refractivity contribution is 7.90. The van der Waals surface area contributed by atoms with Gasteiger partial charge in [0.15, 0.2) is 9.84 Å². The van der Waals surface area contributed by atoms with Crippen LogP contribution in [0.5, 0.6) is 0 Å². The number of carbonyl (C=O) groups excluding carboxylic acids is 1. The zero-order valence-corrected chi connectivity index (χ0v) is 20.7. The zero-order chi connectivity index (χ0) is 23.3. The van der Waals surface area contributed by atoms with Crippen LogP contribution >= 0.6 is 11.3 Å². The summed E-state index contributed by atoms with van der Waals surface area (Å²) < 4.78 is 25.1. The molecule has 1 amide bonds. The number of aryl methyl sites for hydroxylation is 4. The number of amides is 1. The van der Waals surface area contributed by atoms with E-state index in [0.29, 0.717) is 5.69 Å². The van der Waals surface area contributed by atoms with Crippen LogP contribution in [0.2, 0.25) is 0 Å². The first-order chi connectivity index (χ1) is 15.2. The lowest BCUT2D eigenvalue weighted by Gasteiger charge is -2.12. The van der Waals surface area contributed by atoms with Gasteiger partial charge in [0.2, 0.25) is 5.91 Å². The third-order valence-corrected chi connectivity index (χ3v) is 7.92. The quantitative estimate of drug-likeness (QED) is 0.440. The van der Waals surface area contributed by atoms with Crippen molar-refractivity contribution >= 4 is 32.8 Å². The molecule has 2 aromatic carbocycles. The fraction of sp³-hybridized carbons (Fsp3) is 0.360. The molecule has 0 aliphatic carbocycles. The van der Waals surface area contributed by atoms with Crippen molar-refractivity contribution in [1.82, 2.24) is 4.98 Å². The summed E-state index contributed by atoms with van der Waals surface area (Å²) in [6.45, 7) is 8.04. The van der Waals surface area contributed by atoms with Crippen LogP contribution in [0.4, 0.5) is 5.69 Å². The Bertz CT molecular complexity index is 1170. The van der Waals surface area contributed by atoms with Gasteiger partial charge < -0.3 is 5.32 Å². The first kappa shape index (κ1) is 24.1. The summed E-state index contributed by atoms with van der Waals surface area (Å²) in [6, 6.07) is 12.2. The molecule has 1 aromatic heterocycles. The van der Waals surface area contributed by atoms with Gasteiger partial charge in [0.1, 0.15) is 5.01 Å². The molecular weight excluding hydrogens is 440 g/mol. The fourth-order valence-electron chi connectivity index (χ4n) is 3.72. The van der Waals surface area contributed by atoms with E-state index in [9.17, 15) is 13.2 Å². The normalized spacial score (nSPS) is 11.5. The van der Waals surface area contributed by atoms with E-state index < -0.39 is 9.84 Å². The number of nitrogens with zero attached hydrogens (tertiary/aromatic N) is 1. The number of hydrogen-bond acceptors (Lipinski definition) is 5. The van der Waals surface area contributed by atoms with Crippen LogP contribution < -0.4 is 5.32 Å². The second-order valence-electron chi connectivity index (χ2n) is 8.21. The van der Waals surface area contributed by atoms with Gasteiger partial charge in [-0.15, -0.1) is 11.3 Å². The molecule has 1 N–H and O–H groups in total. The molecule has 0 radical (unpaired) electrons. The molecule has 5 nitrogen and oxygen atoms in total. The monoisotopic (exact) mass is 470 g/mol. The average Bonchev–Trinajstić information content (AvgIpc) is 3.18. The standard InChI is InChI=1S/C25H30N2O3S2/c1-5-20-8-10-21(11-9-20)25-26-22(15-31-25)16-32(29,30)12-6-7-23(28)27-24-18(3)13-17(2)14-19(24)4/h8-11,13-15H,5-7,12,16H2,1-4H3,(H,27,28). The Hall–Kier alpha value is -2.51. The second-order valence-corrected chi connectivity index (χ2v) is 11.3. The zero-order valence-electron chi connectivity index (χ0n) is 19.1. The first-order valence-corrected chi connectivity index (χ1v) is 13.5. The molecule has 0 aliphatic rings. The number of aromatic nitrogens is 1. The molecule has 3 aromatic rings. The van der Waals surface area contributed by atoms with Gasteiger partial charge in [0.25, 0.3) is 0 Å². The molecule has 170 valence electrons. The fourth-order valence-corrected chi connectivity index (χ4v) is 5.98. The Morgan fingerprint density at radius 2 is 1.72 bits per heavy atom. The molecule has 0 spiro atoms. The highest BCUT2D eigenvalue weighted by atomic mass is 32.2. The van der Waals surface area contributed by atoms with Gasteiger partial charge in [-0.25, -0.2) is 13.4 Å². The van der Waals surface area contributed by atoms with E-state index >= 15 is 0 Å². The Balaban J connectivity index is 1.52. The van der Waals surface area contributed by atoms with Gasteiger partial charge in [0, 0.05) is 23.1 Å². The molecule has 7 heteroatoms. The van der Waals surface area contributed by atoms with Gasteiger partial charge in [-0.3, -0.25) is 4.79 Å². The van der Waals surface area contributed by atoms with Gasteiger partial charge in [0.05, 0.1) is 17.2 Å². The predicted molar refractivity (Wildman–Crippen MR) is 133 cm³/mol. The molecule has 0 saturated heterocycles. The predicted octanol–water partition coefficient (Wildman–Crippen LogP) is 5.63. The molecule has 1 heterocycles. The highest BCUT2D eigenvalue weighted by Crippen LogP contribution is 2.25. The van der Waals surface area contributed by atoms with E-state index in [1.165, 1.54) is 16.9 Å². The third-order valence-electron chi connectivity index (χ3n) is 5.33. The summed E-state index contributed by atoms with van der Waals surface area (Å²) in [4.78, 5) is 16.8. The van der Waals surface area contributed by atoms with E-state index in [1.807, 2.05) is 45.0 Å². The summed E-state index contributed by atoms with van der Waals surface area (Å²) >= 11 is 1.45. The van der Waals surface area contributed by atoms with Crippen molar-refractivity contribution in [2.24, 2.45) is 0 Å². The minimum absolute atomic E-state index is 0.0374. The molecule has 0 bridgehead atoms. The molecule has 0 saturated carbocycles. The van der Waals surface area contributed by atoms with Crippen LogP contribution in [0.1, 0.15) is 47.7 Å². The van der Waals surface area contributed by atoms with Crippen molar-refractivity contribution < 1.29 is 13.2 Å². The Kier molecular flexibility index (Phi) is 7.85. The first-order valence-electron chi connectivity index (χ1n) is 10.8. The molecule has 32 heavy (non-hydrogen) atoms. The number of benzene rings is 2. The summed E-state index contributed by atoms with van der Waals surface area (Å²) in [5, 5.41) is 5.55. The van der Waals surface area contributed by atoms with E-state index in [1.54, 1.807) is 5.38 Å². The van der Waals surface area contributed by atoms with Crippen molar-refractivity contribution in [3.8, 4) is 10.6 Å². The van der Waals surface area contributed by atoms with Gasteiger partial charge >= 0.3 is 0 Å². The lowest BCUT2D eigenvalue weighted by atomic mass is 10.0. The van der Waals surface area contributed by atoms with E-state index in [-0.39, 0.29) is 30.3 Å². The SMILES string of the molecule is CCc1ccc(-c2nc(CS(=O)(=O)CCCC(=O)Nc3c(C)cc(C)cc3C)cs2)cc1. The Morgan fingerprint density at radius 3 is 2.34 bits per heavy atom. The number of nitrogens with one attached hydrogen (secondary N) is 1. The minimum atomic E-state index is -3.34. The average molecular weight is 471 g/mol. The summed E-state index contributed by atoms with van der Waals surface area (Å²) in [5.74, 6) is -0.305. The molecule has 0 atom stereocenters. The number of thiazole rings is 1.